The van der Waals surface area contributed by atoms with Gasteiger partial charge in [-0.15, -0.1) is 5.73 Å². The molecule has 0 aromatic rings. The molecule has 0 aliphatic rings. The lowest BCUT2D eigenvalue weighted by atomic mass is 10.3. The molecule has 0 aliphatic heterocycles. The van der Waals surface area contributed by atoms with Gasteiger partial charge in [0.05, 0.1) is 5.57 Å². The number of rotatable bonds is 4. The normalized spacial score (nSPS) is 11.9. The first-order valence-corrected chi connectivity index (χ1v) is 4.07. The van der Waals surface area contributed by atoms with Crippen LogP contribution in [0.25, 0.3) is 0 Å². The van der Waals surface area contributed by atoms with Crippen LogP contribution in [0.4, 0.5) is 0 Å². The summed E-state index contributed by atoms with van der Waals surface area (Å²) in [6.07, 6.45) is 2.51. The summed E-state index contributed by atoms with van der Waals surface area (Å²) >= 11 is 5.61. The number of carbonyl (C=O) groups is 1. The third-order valence-corrected chi connectivity index (χ3v) is 1.61. The van der Waals surface area contributed by atoms with Gasteiger partial charge in [0.15, 0.2) is 0 Å². The predicted molar refractivity (Wildman–Crippen MR) is 57.5 cm³/mol. The molecule has 14 heavy (non-hydrogen) atoms. The van der Waals surface area contributed by atoms with Gasteiger partial charge < -0.3 is 5.11 Å². The van der Waals surface area contributed by atoms with E-state index in [0.29, 0.717) is 5.57 Å². The number of aliphatic carboxylic acids is 1. The molecule has 0 heterocycles. The molecule has 0 saturated carbocycles. The minimum Gasteiger partial charge on any atom is -0.478 e. The van der Waals surface area contributed by atoms with Gasteiger partial charge in [0, 0.05) is 11.8 Å². The van der Waals surface area contributed by atoms with Crippen molar-refractivity contribution in [3.05, 3.63) is 41.3 Å². The molecule has 0 bridgehead atoms. The number of allylic oxidation sites excluding steroid dienone is 1. The summed E-state index contributed by atoms with van der Waals surface area (Å²) in [6.45, 7) is 8.43. The molecule has 0 spiro atoms. The molecule has 1 N–H and O–H groups in total. The largest absolute Gasteiger partial charge is 0.478 e. The van der Waals surface area contributed by atoms with Crippen molar-refractivity contribution in [3.63, 3.8) is 0 Å². The first kappa shape index (κ1) is 12.4. The van der Waals surface area contributed by atoms with E-state index in [4.69, 9.17) is 16.7 Å². The van der Waals surface area contributed by atoms with Crippen molar-refractivity contribution < 1.29 is 9.90 Å². The molecule has 0 radical (unpaired) electrons. The maximum absolute atomic E-state index is 10.6. The van der Waals surface area contributed by atoms with Crippen LogP contribution in [0.1, 0.15) is 6.92 Å². The minimum absolute atomic E-state index is 0.123. The Bertz CT molecular complexity index is 360. The first-order valence-electron chi connectivity index (χ1n) is 3.69. The Hall–Kier alpha value is -1.57. The van der Waals surface area contributed by atoms with E-state index in [1.807, 2.05) is 0 Å². The summed E-state index contributed by atoms with van der Waals surface area (Å²) in [5, 5.41) is 8.52. The number of hydrogen-bond acceptors (Lipinski definition) is 2. The van der Waals surface area contributed by atoms with E-state index < -0.39 is 5.97 Å². The van der Waals surface area contributed by atoms with Gasteiger partial charge in [0.25, 0.3) is 0 Å². The molecule has 3 nitrogen and oxygen atoms in total. The van der Waals surface area contributed by atoms with E-state index in [9.17, 15) is 4.79 Å². The van der Waals surface area contributed by atoms with Gasteiger partial charge in [-0.05, 0) is 6.92 Å². The molecule has 0 aromatic heterocycles. The van der Waals surface area contributed by atoms with Crippen molar-refractivity contribution in [1.29, 1.82) is 0 Å². The van der Waals surface area contributed by atoms with Crippen LogP contribution in [0.2, 0.25) is 0 Å². The lowest BCUT2D eigenvalue weighted by Gasteiger charge is -1.94. The fourth-order valence-corrected chi connectivity index (χ4v) is 0.735. The Morgan fingerprint density at radius 2 is 2.21 bits per heavy atom. The van der Waals surface area contributed by atoms with E-state index in [0.717, 1.165) is 6.08 Å². The highest BCUT2D eigenvalue weighted by molar-refractivity contribution is 6.32. The van der Waals surface area contributed by atoms with E-state index in [1.54, 1.807) is 6.92 Å². The number of carboxylic acids is 1. The summed E-state index contributed by atoms with van der Waals surface area (Å²) < 4.78 is 0. The van der Waals surface area contributed by atoms with Gasteiger partial charge in [-0.1, -0.05) is 30.8 Å². The van der Waals surface area contributed by atoms with Crippen LogP contribution in [0.5, 0.6) is 0 Å². The van der Waals surface area contributed by atoms with Crippen molar-refractivity contribution in [2.45, 2.75) is 6.92 Å². The number of halogens is 1. The van der Waals surface area contributed by atoms with Crippen LogP contribution >= 0.6 is 11.6 Å². The highest BCUT2D eigenvalue weighted by Gasteiger charge is 2.07. The quantitative estimate of drug-likeness (QED) is 0.255. The van der Waals surface area contributed by atoms with Crippen molar-refractivity contribution in [2.24, 2.45) is 4.99 Å². The molecule has 0 amide bonds. The van der Waals surface area contributed by atoms with Gasteiger partial charge >= 0.3 is 5.97 Å². The second kappa shape index (κ2) is 5.97. The average Bonchev–Trinajstić information content (AvgIpc) is 2.14. The molecular weight excluding hydrogens is 202 g/mol. The van der Waals surface area contributed by atoms with Gasteiger partial charge in [-0.2, -0.15) is 0 Å². The van der Waals surface area contributed by atoms with Crippen molar-refractivity contribution in [1.82, 2.24) is 0 Å². The molecule has 4 heteroatoms. The lowest BCUT2D eigenvalue weighted by Crippen LogP contribution is -1.98. The van der Waals surface area contributed by atoms with Gasteiger partial charge in [0.2, 0.25) is 0 Å². The van der Waals surface area contributed by atoms with Gasteiger partial charge in [0.1, 0.15) is 5.16 Å². The molecule has 74 valence electrons. The second-order valence-corrected chi connectivity index (χ2v) is 2.69. The summed E-state index contributed by atoms with van der Waals surface area (Å²) in [5.74, 6) is -1.16. The monoisotopic (exact) mass is 211 g/mol. The van der Waals surface area contributed by atoms with Crippen LogP contribution in [-0.4, -0.2) is 17.3 Å². The third-order valence-electron chi connectivity index (χ3n) is 1.31. The fourth-order valence-electron chi connectivity index (χ4n) is 0.528. The maximum atomic E-state index is 10.6. The number of nitrogens with zero attached hydrogens (tertiary/aromatic N) is 1. The highest BCUT2D eigenvalue weighted by Crippen LogP contribution is 2.12. The van der Waals surface area contributed by atoms with Crippen molar-refractivity contribution in [3.8, 4) is 0 Å². The fraction of sp³-hybridized carbons (Fsp3) is 0.100. The molecule has 0 rings (SSSR count). The molecule has 0 aromatic carbocycles. The summed E-state index contributed by atoms with van der Waals surface area (Å²) in [6, 6.07) is 0. The van der Waals surface area contributed by atoms with E-state index in [2.05, 4.69) is 23.9 Å². The lowest BCUT2D eigenvalue weighted by molar-refractivity contribution is -0.132. The Morgan fingerprint density at radius 3 is 2.57 bits per heavy atom. The zero-order chi connectivity index (χ0) is 11.1. The third kappa shape index (κ3) is 3.90. The van der Waals surface area contributed by atoms with Crippen molar-refractivity contribution in [2.75, 3.05) is 0 Å². The SMILES string of the molecule is C=C=C(C)C=NC(Cl)=C(C=C)C(=O)O. The number of carboxylic acid groups (broad SMARTS) is 1. The van der Waals surface area contributed by atoms with Crippen LogP contribution in [0.15, 0.2) is 46.3 Å². The van der Waals surface area contributed by atoms with Crippen LogP contribution < -0.4 is 0 Å². The van der Waals surface area contributed by atoms with Crippen LogP contribution in [0, 0.1) is 0 Å². The topological polar surface area (TPSA) is 49.7 Å². The Balaban J connectivity index is 5.00. The van der Waals surface area contributed by atoms with Crippen LogP contribution in [0.3, 0.4) is 0 Å². The molecule has 0 saturated heterocycles. The molecule has 0 unspecified atom stereocenters. The molecule has 0 atom stereocenters. The zero-order valence-corrected chi connectivity index (χ0v) is 8.51. The van der Waals surface area contributed by atoms with E-state index in [-0.39, 0.29) is 10.7 Å². The zero-order valence-electron chi connectivity index (χ0n) is 7.75. The average molecular weight is 212 g/mol. The second-order valence-electron chi connectivity index (χ2n) is 2.33. The molecule has 0 fully saturated rings. The van der Waals surface area contributed by atoms with Gasteiger partial charge in [-0.25, -0.2) is 9.79 Å². The summed E-state index contributed by atoms with van der Waals surface area (Å²) in [7, 11) is 0. The molecule has 0 aliphatic carbocycles. The van der Waals surface area contributed by atoms with Crippen LogP contribution in [-0.2, 0) is 4.79 Å². The number of aliphatic imine (C=N–C) groups is 1. The van der Waals surface area contributed by atoms with E-state index in [1.165, 1.54) is 6.21 Å². The maximum Gasteiger partial charge on any atom is 0.338 e. The minimum atomic E-state index is -1.16. The number of hydrogen-bond donors (Lipinski definition) is 1. The standard InChI is InChI=1S/C10H10ClNO2/c1-4-7(3)6-12-9(11)8(5-2)10(13)14/h5-6H,1-2H2,3H3,(H,13,14). The first-order chi connectivity index (χ1) is 6.52. The highest BCUT2D eigenvalue weighted by atomic mass is 35.5. The predicted octanol–water partition coefficient (Wildman–Crippen LogP) is 2.51. The molecular formula is C10H10ClNO2. The van der Waals surface area contributed by atoms with Gasteiger partial charge in [-0.3, -0.25) is 0 Å². The smallest absolute Gasteiger partial charge is 0.338 e. The van der Waals surface area contributed by atoms with Crippen molar-refractivity contribution >= 4 is 23.8 Å². The summed E-state index contributed by atoms with van der Waals surface area (Å²) in [5.41, 5.74) is 3.09. The Morgan fingerprint density at radius 1 is 1.64 bits per heavy atom. The summed E-state index contributed by atoms with van der Waals surface area (Å²) in [4.78, 5) is 14.3. The Kier molecular flexibility index (Phi) is 5.30. The van der Waals surface area contributed by atoms with E-state index >= 15 is 0 Å². The Labute approximate surface area is 87.4 Å².